The molecule has 26 heavy (non-hydrogen) atoms. The van der Waals surface area contributed by atoms with Crippen molar-refractivity contribution in [3.05, 3.63) is 52.0 Å². The van der Waals surface area contributed by atoms with Crippen molar-refractivity contribution in [2.75, 3.05) is 19.6 Å². The molecule has 2 N–H and O–H groups in total. The summed E-state index contributed by atoms with van der Waals surface area (Å²) in [7, 11) is 0. The second-order valence-corrected chi connectivity index (χ2v) is 8.14. The van der Waals surface area contributed by atoms with Crippen molar-refractivity contribution in [2.45, 2.75) is 38.4 Å². The number of fused-ring (bicyclic) bond motifs is 4. The Labute approximate surface area is 158 Å². The highest BCUT2D eigenvalue weighted by Crippen LogP contribution is 2.31. The molecule has 2 atom stereocenters. The van der Waals surface area contributed by atoms with E-state index < -0.39 is 0 Å². The lowest BCUT2D eigenvalue weighted by atomic mass is 9.94. The Bertz CT molecular complexity index is 731. The number of hydrogen-bond donors (Lipinski definition) is 1. The molecule has 1 aromatic heterocycles. The van der Waals surface area contributed by atoms with Crippen LogP contribution in [0.4, 0.5) is 0 Å². The molecule has 5 nitrogen and oxygen atoms in total. The fourth-order valence-electron chi connectivity index (χ4n) is 4.19. The van der Waals surface area contributed by atoms with Crippen molar-refractivity contribution < 1.29 is 4.79 Å². The van der Waals surface area contributed by atoms with Crippen LogP contribution in [0.15, 0.2) is 35.2 Å². The van der Waals surface area contributed by atoms with Crippen LogP contribution in [0.5, 0.6) is 0 Å². The smallest absolute Gasteiger partial charge is 0.227 e. The van der Waals surface area contributed by atoms with E-state index in [0.717, 1.165) is 44.6 Å². The second-order valence-electron chi connectivity index (χ2n) is 7.42. The number of carbonyl (C=O) groups is 1. The lowest BCUT2D eigenvalue weighted by Crippen LogP contribution is -2.47. The molecular weight excluding hydrogens is 344 g/mol. The maximum absolute atomic E-state index is 12.9. The van der Waals surface area contributed by atoms with Gasteiger partial charge in [0.25, 0.3) is 0 Å². The minimum atomic E-state index is 0.129. The van der Waals surface area contributed by atoms with Crippen molar-refractivity contribution in [1.82, 2.24) is 14.8 Å². The predicted octanol–water partition coefficient (Wildman–Crippen LogP) is 2.27. The van der Waals surface area contributed by atoms with E-state index >= 15 is 0 Å². The fourth-order valence-corrected chi connectivity index (χ4v) is 4.74. The van der Waals surface area contributed by atoms with Gasteiger partial charge < -0.3 is 10.6 Å². The SMILES string of the molecule is NCCc1ccc(CN2C[C@@H]3CC[C@H](C2)N(Cc2cscn2)C3=O)cc1. The number of rotatable bonds is 6. The quantitative estimate of drug-likeness (QED) is 0.847. The summed E-state index contributed by atoms with van der Waals surface area (Å²) in [5.41, 5.74) is 11.1. The van der Waals surface area contributed by atoms with Gasteiger partial charge in [-0.05, 0) is 36.9 Å². The Morgan fingerprint density at radius 1 is 1.12 bits per heavy atom. The summed E-state index contributed by atoms with van der Waals surface area (Å²) in [6.45, 7) is 4.08. The Morgan fingerprint density at radius 3 is 2.65 bits per heavy atom. The molecule has 1 amide bonds. The molecule has 3 aliphatic heterocycles. The van der Waals surface area contributed by atoms with Crippen LogP contribution in [-0.4, -0.2) is 46.4 Å². The third-order valence-corrected chi connectivity index (χ3v) is 6.18. The van der Waals surface area contributed by atoms with E-state index in [0.29, 0.717) is 25.0 Å². The van der Waals surface area contributed by atoms with Crippen molar-refractivity contribution in [2.24, 2.45) is 11.7 Å². The maximum Gasteiger partial charge on any atom is 0.227 e. The Balaban J connectivity index is 1.44. The molecule has 6 heteroatoms. The molecule has 3 aliphatic rings. The van der Waals surface area contributed by atoms with E-state index in [-0.39, 0.29) is 5.92 Å². The first-order chi connectivity index (χ1) is 12.7. The first-order valence-corrected chi connectivity index (χ1v) is 10.3. The number of aromatic nitrogens is 1. The molecule has 138 valence electrons. The Hall–Kier alpha value is -1.76. The van der Waals surface area contributed by atoms with E-state index in [1.54, 1.807) is 11.3 Å². The van der Waals surface area contributed by atoms with Crippen LogP contribution in [-0.2, 0) is 24.3 Å². The van der Waals surface area contributed by atoms with Crippen LogP contribution in [0, 0.1) is 5.92 Å². The largest absolute Gasteiger partial charge is 0.332 e. The monoisotopic (exact) mass is 370 g/mol. The summed E-state index contributed by atoms with van der Waals surface area (Å²) in [5.74, 6) is 0.443. The topological polar surface area (TPSA) is 62.5 Å². The van der Waals surface area contributed by atoms with Gasteiger partial charge >= 0.3 is 0 Å². The van der Waals surface area contributed by atoms with E-state index in [2.05, 4.69) is 39.0 Å². The van der Waals surface area contributed by atoms with Gasteiger partial charge in [-0.25, -0.2) is 4.98 Å². The number of thiazole rings is 1. The predicted molar refractivity (Wildman–Crippen MR) is 104 cm³/mol. The van der Waals surface area contributed by atoms with Crippen LogP contribution >= 0.6 is 11.3 Å². The van der Waals surface area contributed by atoms with Gasteiger partial charge in [-0.1, -0.05) is 24.3 Å². The van der Waals surface area contributed by atoms with Crippen LogP contribution in [0.25, 0.3) is 0 Å². The van der Waals surface area contributed by atoms with Gasteiger partial charge in [0.05, 0.1) is 23.7 Å². The molecule has 0 aliphatic carbocycles. The van der Waals surface area contributed by atoms with Gasteiger partial charge in [-0.3, -0.25) is 9.69 Å². The molecule has 4 heterocycles. The standard InChI is InChI=1S/C20H26N4OS/c21-8-7-15-1-3-16(4-2-15)9-23-10-17-5-6-19(12-23)24(20(17)25)11-18-13-26-14-22-18/h1-4,13-14,17,19H,5-12,21H2/t17-,19+/m0/s1. The Kier molecular flexibility index (Phi) is 5.33. The van der Waals surface area contributed by atoms with Gasteiger partial charge in [-0.15, -0.1) is 11.3 Å². The Morgan fingerprint density at radius 2 is 1.92 bits per heavy atom. The summed E-state index contributed by atoms with van der Waals surface area (Å²) in [5, 5.41) is 2.05. The van der Waals surface area contributed by atoms with Crippen molar-refractivity contribution in [1.29, 1.82) is 0 Å². The summed E-state index contributed by atoms with van der Waals surface area (Å²) in [6.07, 6.45) is 3.05. The molecule has 0 saturated carbocycles. The molecular formula is C20H26N4OS. The minimum absolute atomic E-state index is 0.129. The molecule has 2 bridgehead atoms. The number of amides is 1. The van der Waals surface area contributed by atoms with Gasteiger partial charge in [0.1, 0.15) is 0 Å². The van der Waals surface area contributed by atoms with Gasteiger partial charge in [0.15, 0.2) is 0 Å². The molecule has 0 unspecified atom stereocenters. The zero-order valence-corrected chi connectivity index (χ0v) is 15.8. The van der Waals surface area contributed by atoms with Gasteiger partial charge in [-0.2, -0.15) is 0 Å². The average molecular weight is 371 g/mol. The van der Waals surface area contributed by atoms with Crippen LogP contribution in [0.1, 0.15) is 29.7 Å². The maximum atomic E-state index is 12.9. The summed E-state index contributed by atoms with van der Waals surface area (Å²) >= 11 is 1.59. The summed E-state index contributed by atoms with van der Waals surface area (Å²) in [6, 6.07) is 9.06. The summed E-state index contributed by atoms with van der Waals surface area (Å²) < 4.78 is 0. The molecule has 3 saturated heterocycles. The third kappa shape index (κ3) is 3.82. The van der Waals surface area contributed by atoms with Gasteiger partial charge in [0, 0.05) is 31.1 Å². The van der Waals surface area contributed by atoms with E-state index in [9.17, 15) is 4.79 Å². The second kappa shape index (κ2) is 7.86. The zero-order chi connectivity index (χ0) is 17.9. The normalized spacial score (nSPS) is 23.4. The number of piperidine rings is 1. The highest BCUT2D eigenvalue weighted by atomic mass is 32.1. The molecule has 1 aromatic carbocycles. The van der Waals surface area contributed by atoms with E-state index in [4.69, 9.17) is 5.73 Å². The lowest BCUT2D eigenvalue weighted by molar-refractivity contribution is -0.140. The first kappa shape index (κ1) is 17.6. The molecule has 2 aromatic rings. The third-order valence-electron chi connectivity index (χ3n) is 5.55. The highest BCUT2D eigenvalue weighted by molar-refractivity contribution is 7.07. The van der Waals surface area contributed by atoms with Crippen molar-refractivity contribution in [3.63, 3.8) is 0 Å². The zero-order valence-electron chi connectivity index (χ0n) is 15.0. The first-order valence-electron chi connectivity index (χ1n) is 9.40. The number of nitrogens with two attached hydrogens (primary N) is 1. The molecule has 0 radical (unpaired) electrons. The molecule has 0 spiro atoms. The van der Waals surface area contributed by atoms with Crippen molar-refractivity contribution in [3.8, 4) is 0 Å². The lowest BCUT2D eigenvalue weighted by Gasteiger charge is -2.35. The molecule has 5 rings (SSSR count). The average Bonchev–Trinajstić information content (AvgIpc) is 3.03. The van der Waals surface area contributed by atoms with Gasteiger partial charge in [0.2, 0.25) is 5.91 Å². The van der Waals surface area contributed by atoms with Crippen LogP contribution in [0.2, 0.25) is 0 Å². The minimum Gasteiger partial charge on any atom is -0.332 e. The highest BCUT2D eigenvalue weighted by Gasteiger charge is 2.40. The number of nitrogens with zero attached hydrogens (tertiary/aromatic N) is 3. The van der Waals surface area contributed by atoms with E-state index in [1.807, 2.05) is 10.9 Å². The van der Waals surface area contributed by atoms with E-state index in [1.165, 1.54) is 11.1 Å². The summed E-state index contributed by atoms with van der Waals surface area (Å²) in [4.78, 5) is 21.8. The number of carbonyl (C=O) groups excluding carboxylic acids is 1. The number of benzene rings is 1. The van der Waals surface area contributed by atoms with Crippen LogP contribution < -0.4 is 5.73 Å². The number of hydrogen-bond acceptors (Lipinski definition) is 5. The molecule has 3 fully saturated rings. The van der Waals surface area contributed by atoms with Crippen LogP contribution in [0.3, 0.4) is 0 Å². The van der Waals surface area contributed by atoms with Crippen molar-refractivity contribution >= 4 is 17.2 Å². The fraction of sp³-hybridized carbons (Fsp3) is 0.500.